The molecule has 0 aliphatic carbocycles. The highest BCUT2D eigenvalue weighted by molar-refractivity contribution is 6.10. The Balaban J connectivity index is 1.82. The van der Waals surface area contributed by atoms with Crippen LogP contribution in [0.5, 0.6) is 0 Å². The lowest BCUT2D eigenvalue weighted by molar-refractivity contribution is 0.281. The van der Waals surface area contributed by atoms with Crippen molar-refractivity contribution in [2.24, 2.45) is 0 Å². The Morgan fingerprint density at radius 1 is 0.545 bits per heavy atom. The molecule has 0 bridgehead atoms. The summed E-state index contributed by atoms with van der Waals surface area (Å²) < 4.78 is 2.65. The molecule has 0 saturated heterocycles. The molecule has 33 heavy (non-hydrogen) atoms. The number of nitrogens with zero attached hydrogens (tertiary/aromatic N) is 1. The third kappa shape index (κ3) is 3.86. The van der Waals surface area contributed by atoms with Crippen LogP contribution in [0.3, 0.4) is 0 Å². The van der Waals surface area contributed by atoms with E-state index in [0.717, 1.165) is 0 Å². The van der Waals surface area contributed by atoms with Crippen LogP contribution in [0.4, 0.5) is 0 Å². The average Bonchev–Trinajstić information content (AvgIpc) is 3.19. The van der Waals surface area contributed by atoms with Crippen LogP contribution in [0, 0.1) is 0 Å². The lowest BCUT2D eigenvalue weighted by atomic mass is 9.90. The van der Waals surface area contributed by atoms with Gasteiger partial charge in [-0.3, -0.25) is 0 Å². The number of hydrogen-bond donors (Lipinski definition) is 0. The average molecular weight is 432 g/mol. The van der Waals surface area contributed by atoms with Gasteiger partial charge in [0.25, 0.3) is 0 Å². The maximum absolute atomic E-state index is 2.65. The molecular weight excluding hydrogens is 398 g/mol. The summed E-state index contributed by atoms with van der Waals surface area (Å²) in [6, 6.07) is 35.6. The van der Waals surface area contributed by atoms with Crippen molar-refractivity contribution in [3.8, 4) is 22.3 Å². The number of hydrogen-bond acceptors (Lipinski definition) is 0. The van der Waals surface area contributed by atoms with E-state index in [0.29, 0.717) is 0 Å². The van der Waals surface area contributed by atoms with Crippen LogP contribution >= 0.6 is 0 Å². The van der Waals surface area contributed by atoms with Gasteiger partial charge < -0.3 is 4.57 Å². The second-order valence-electron chi connectivity index (χ2n) is 9.53. The number of aromatic nitrogens is 1. The molecule has 0 radical (unpaired) electrons. The summed E-state index contributed by atoms with van der Waals surface area (Å²) in [5.41, 5.74) is 7.89. The maximum atomic E-state index is 2.65. The summed E-state index contributed by atoms with van der Waals surface area (Å²) >= 11 is 0. The largest absolute Gasteiger partial charge is 0.335 e. The first kappa shape index (κ1) is 21.5. The van der Waals surface area contributed by atoms with Gasteiger partial charge >= 0.3 is 0 Å². The molecule has 0 saturated carbocycles. The molecule has 0 aliphatic heterocycles. The maximum Gasteiger partial charge on any atom is 0.0496 e. The molecule has 5 aromatic rings. The summed E-state index contributed by atoms with van der Waals surface area (Å²) in [4.78, 5) is 0. The minimum absolute atomic E-state index is 0.103. The van der Waals surface area contributed by atoms with E-state index in [1.807, 2.05) is 0 Å². The zero-order valence-corrected chi connectivity index (χ0v) is 20.0. The van der Waals surface area contributed by atoms with Crippen molar-refractivity contribution in [3.63, 3.8) is 0 Å². The summed E-state index contributed by atoms with van der Waals surface area (Å²) in [6.45, 7) is 7.07. The highest BCUT2D eigenvalue weighted by Gasteiger charge is 2.28. The fourth-order valence-electron chi connectivity index (χ4n) is 5.65. The molecule has 5 rings (SSSR count). The normalized spacial score (nSPS) is 12.0. The Kier molecular flexibility index (Phi) is 5.81. The van der Waals surface area contributed by atoms with Crippen molar-refractivity contribution in [2.45, 2.75) is 52.0 Å². The van der Waals surface area contributed by atoms with E-state index in [9.17, 15) is 0 Å². The highest BCUT2D eigenvalue weighted by atomic mass is 15.1. The van der Waals surface area contributed by atoms with Gasteiger partial charge in [-0.1, -0.05) is 99.5 Å². The Labute approximate surface area is 197 Å². The summed E-state index contributed by atoms with van der Waals surface area (Å²) in [5, 5.41) is 2.70. The van der Waals surface area contributed by atoms with E-state index in [-0.39, 0.29) is 5.54 Å². The van der Waals surface area contributed by atoms with Crippen LogP contribution in [0.25, 0.3) is 44.1 Å². The third-order valence-corrected chi connectivity index (χ3v) is 7.10. The predicted octanol–water partition coefficient (Wildman–Crippen LogP) is 9.44. The van der Waals surface area contributed by atoms with Crippen LogP contribution in [0.15, 0.2) is 97.1 Å². The van der Waals surface area contributed by atoms with Crippen molar-refractivity contribution in [1.29, 1.82) is 0 Å². The van der Waals surface area contributed by atoms with Crippen molar-refractivity contribution < 1.29 is 0 Å². The Morgan fingerprint density at radius 2 is 0.970 bits per heavy atom. The smallest absolute Gasteiger partial charge is 0.0496 e. The molecule has 1 aromatic heterocycles. The molecule has 0 fully saturated rings. The molecule has 1 heterocycles. The Bertz CT molecular complexity index is 1270. The quantitative estimate of drug-likeness (QED) is 0.242. The standard InChI is InChI=1S/C32H33N/c1-4-20-32(3,21-5-2)33-30-18-16-26(24-12-8-6-9-13-24)22-28(30)29-23-27(17-19-31(29)33)25-14-10-7-11-15-25/h6-19,22-23H,4-5,20-21H2,1-3H3. The van der Waals surface area contributed by atoms with Gasteiger partial charge in [-0.25, -0.2) is 0 Å². The summed E-state index contributed by atoms with van der Waals surface area (Å²) in [7, 11) is 0. The molecule has 166 valence electrons. The molecule has 1 nitrogen and oxygen atoms in total. The summed E-state index contributed by atoms with van der Waals surface area (Å²) in [6.07, 6.45) is 4.73. The van der Waals surface area contributed by atoms with E-state index >= 15 is 0 Å². The van der Waals surface area contributed by atoms with Gasteiger partial charge in [0.1, 0.15) is 0 Å². The lowest BCUT2D eigenvalue weighted by Crippen LogP contribution is -2.29. The van der Waals surface area contributed by atoms with Gasteiger partial charge in [0, 0.05) is 27.3 Å². The second kappa shape index (κ2) is 8.90. The van der Waals surface area contributed by atoms with Crippen LogP contribution in [-0.4, -0.2) is 4.57 Å². The van der Waals surface area contributed by atoms with Gasteiger partial charge in [0.2, 0.25) is 0 Å². The van der Waals surface area contributed by atoms with Crippen LogP contribution < -0.4 is 0 Å². The SMILES string of the molecule is CCCC(C)(CCC)n1c2ccc(-c3ccccc3)cc2c2cc(-c3ccccc3)ccc21. The van der Waals surface area contributed by atoms with Gasteiger partial charge in [-0.15, -0.1) is 0 Å². The second-order valence-corrected chi connectivity index (χ2v) is 9.53. The zero-order valence-electron chi connectivity index (χ0n) is 20.0. The predicted molar refractivity (Wildman–Crippen MR) is 144 cm³/mol. The molecule has 0 unspecified atom stereocenters. The zero-order chi connectivity index (χ0) is 22.8. The van der Waals surface area contributed by atoms with Gasteiger partial charge in [-0.2, -0.15) is 0 Å². The van der Waals surface area contributed by atoms with E-state index < -0.39 is 0 Å². The molecular formula is C32H33N. The number of rotatable bonds is 7. The highest BCUT2D eigenvalue weighted by Crippen LogP contribution is 2.41. The number of benzene rings is 4. The fourth-order valence-corrected chi connectivity index (χ4v) is 5.65. The first-order valence-corrected chi connectivity index (χ1v) is 12.3. The van der Waals surface area contributed by atoms with E-state index in [1.165, 1.54) is 69.7 Å². The van der Waals surface area contributed by atoms with Crippen molar-refractivity contribution in [1.82, 2.24) is 4.57 Å². The Morgan fingerprint density at radius 3 is 1.36 bits per heavy atom. The first-order chi connectivity index (χ1) is 16.1. The van der Waals surface area contributed by atoms with Crippen LogP contribution in [0.2, 0.25) is 0 Å². The summed E-state index contributed by atoms with van der Waals surface area (Å²) in [5.74, 6) is 0. The molecule has 0 amide bonds. The van der Waals surface area contributed by atoms with Gasteiger partial charge in [0.05, 0.1) is 0 Å². The minimum atomic E-state index is 0.103. The van der Waals surface area contributed by atoms with Crippen LogP contribution in [0.1, 0.15) is 46.5 Å². The molecule has 4 aromatic carbocycles. The lowest BCUT2D eigenvalue weighted by Gasteiger charge is -2.33. The topological polar surface area (TPSA) is 4.93 Å². The Hall–Kier alpha value is -3.32. The van der Waals surface area contributed by atoms with Crippen molar-refractivity contribution in [3.05, 3.63) is 97.1 Å². The molecule has 0 atom stereocenters. The van der Waals surface area contributed by atoms with Gasteiger partial charge in [-0.05, 0) is 66.3 Å². The van der Waals surface area contributed by atoms with Crippen molar-refractivity contribution >= 4 is 21.8 Å². The molecule has 0 aliphatic rings. The number of fused-ring (bicyclic) bond motifs is 3. The van der Waals surface area contributed by atoms with E-state index in [4.69, 9.17) is 0 Å². The van der Waals surface area contributed by atoms with Gasteiger partial charge in [0.15, 0.2) is 0 Å². The first-order valence-electron chi connectivity index (χ1n) is 12.3. The molecule has 1 heteroatoms. The molecule has 0 spiro atoms. The van der Waals surface area contributed by atoms with Crippen molar-refractivity contribution in [2.75, 3.05) is 0 Å². The molecule has 0 N–H and O–H groups in total. The minimum Gasteiger partial charge on any atom is -0.335 e. The van der Waals surface area contributed by atoms with Crippen LogP contribution in [-0.2, 0) is 5.54 Å². The van der Waals surface area contributed by atoms with E-state index in [1.54, 1.807) is 0 Å². The monoisotopic (exact) mass is 431 g/mol. The van der Waals surface area contributed by atoms with E-state index in [2.05, 4.69) is 122 Å². The fraction of sp³-hybridized carbons (Fsp3) is 0.250. The third-order valence-electron chi connectivity index (χ3n) is 7.10.